The molecular formula is C17H21NO. The molecule has 0 saturated heterocycles. The summed E-state index contributed by atoms with van der Waals surface area (Å²) in [6, 6.07) is 11.0. The first-order valence-corrected chi connectivity index (χ1v) is 7.22. The largest absolute Gasteiger partial charge is 0.469 e. The summed E-state index contributed by atoms with van der Waals surface area (Å²) >= 11 is 0. The Morgan fingerprint density at radius 1 is 1.16 bits per heavy atom. The Bertz CT molecular complexity index is 530. The predicted octanol–water partition coefficient (Wildman–Crippen LogP) is 4.20. The molecule has 1 N–H and O–H groups in total. The molecule has 0 amide bonds. The van der Waals surface area contributed by atoms with Gasteiger partial charge in [0.25, 0.3) is 0 Å². The van der Waals surface area contributed by atoms with Crippen molar-refractivity contribution in [3.63, 3.8) is 0 Å². The number of fused-ring (bicyclic) bond motifs is 1. The van der Waals surface area contributed by atoms with E-state index in [1.54, 1.807) is 6.26 Å². The lowest BCUT2D eigenvalue weighted by Gasteiger charge is -2.22. The van der Waals surface area contributed by atoms with Crippen molar-refractivity contribution >= 4 is 5.69 Å². The summed E-state index contributed by atoms with van der Waals surface area (Å²) in [6.45, 7) is 2.21. The third-order valence-electron chi connectivity index (χ3n) is 3.89. The molecule has 100 valence electrons. The number of rotatable bonds is 4. The maximum Gasteiger partial charge on any atom is 0.105 e. The van der Waals surface area contributed by atoms with E-state index in [0.717, 1.165) is 12.2 Å². The van der Waals surface area contributed by atoms with Crippen LogP contribution in [0.4, 0.5) is 5.69 Å². The van der Waals surface area contributed by atoms with Crippen molar-refractivity contribution in [2.24, 2.45) is 0 Å². The fraction of sp³-hybridized carbons (Fsp3) is 0.412. The molecule has 0 fully saturated rings. The van der Waals surface area contributed by atoms with Gasteiger partial charge in [0.1, 0.15) is 5.76 Å². The van der Waals surface area contributed by atoms with Crippen molar-refractivity contribution in [3.05, 3.63) is 53.5 Å². The molecule has 0 aliphatic heterocycles. The number of hydrogen-bond acceptors (Lipinski definition) is 2. The standard InChI is InChI=1S/C17H21NO/c1-13(12-15-8-5-11-19-15)18-17-10-4-7-14-6-2-3-9-16(14)17/h4-5,7-8,10-11,13,18H,2-3,6,9,12H2,1H3. The monoisotopic (exact) mass is 255 g/mol. The van der Waals surface area contributed by atoms with Crippen LogP contribution in [0, 0.1) is 0 Å². The van der Waals surface area contributed by atoms with Gasteiger partial charge in [0.2, 0.25) is 0 Å². The quantitative estimate of drug-likeness (QED) is 0.885. The Morgan fingerprint density at radius 3 is 2.89 bits per heavy atom. The van der Waals surface area contributed by atoms with Crippen molar-refractivity contribution < 1.29 is 4.42 Å². The zero-order chi connectivity index (χ0) is 13.1. The molecule has 0 spiro atoms. The van der Waals surface area contributed by atoms with Crippen LogP contribution in [0.3, 0.4) is 0 Å². The molecule has 19 heavy (non-hydrogen) atoms. The van der Waals surface area contributed by atoms with E-state index in [2.05, 4.69) is 30.4 Å². The van der Waals surface area contributed by atoms with Crippen LogP contribution in [0.15, 0.2) is 41.0 Å². The first kappa shape index (κ1) is 12.3. The highest BCUT2D eigenvalue weighted by molar-refractivity contribution is 5.56. The molecule has 1 heterocycles. The van der Waals surface area contributed by atoms with Gasteiger partial charge in [-0.05, 0) is 61.9 Å². The van der Waals surface area contributed by atoms with Crippen LogP contribution < -0.4 is 5.32 Å². The number of furan rings is 1. The highest BCUT2D eigenvalue weighted by Crippen LogP contribution is 2.28. The van der Waals surface area contributed by atoms with E-state index >= 15 is 0 Å². The second kappa shape index (κ2) is 5.52. The summed E-state index contributed by atoms with van der Waals surface area (Å²) in [5.41, 5.74) is 4.37. The first-order chi connectivity index (χ1) is 9.33. The van der Waals surface area contributed by atoms with Gasteiger partial charge < -0.3 is 9.73 Å². The first-order valence-electron chi connectivity index (χ1n) is 7.22. The average molecular weight is 255 g/mol. The molecule has 1 aliphatic rings. The Hall–Kier alpha value is -1.70. The summed E-state index contributed by atoms with van der Waals surface area (Å²) in [4.78, 5) is 0. The smallest absolute Gasteiger partial charge is 0.105 e. The molecule has 1 unspecified atom stereocenters. The maximum atomic E-state index is 5.41. The number of hydrogen-bond donors (Lipinski definition) is 1. The number of nitrogens with one attached hydrogen (secondary N) is 1. The van der Waals surface area contributed by atoms with Crippen molar-refractivity contribution in [1.82, 2.24) is 0 Å². The maximum absolute atomic E-state index is 5.41. The lowest BCUT2D eigenvalue weighted by atomic mass is 9.90. The minimum atomic E-state index is 0.388. The highest BCUT2D eigenvalue weighted by atomic mass is 16.3. The topological polar surface area (TPSA) is 25.2 Å². The summed E-state index contributed by atoms with van der Waals surface area (Å²) in [5, 5.41) is 3.65. The van der Waals surface area contributed by atoms with Gasteiger partial charge in [0.05, 0.1) is 6.26 Å². The van der Waals surface area contributed by atoms with Gasteiger partial charge in [-0.3, -0.25) is 0 Å². The summed E-state index contributed by atoms with van der Waals surface area (Å²) in [5.74, 6) is 1.05. The molecule has 1 atom stereocenters. The van der Waals surface area contributed by atoms with Crippen LogP contribution in [-0.4, -0.2) is 6.04 Å². The van der Waals surface area contributed by atoms with Crippen LogP contribution >= 0.6 is 0 Å². The van der Waals surface area contributed by atoms with E-state index in [0.29, 0.717) is 6.04 Å². The van der Waals surface area contributed by atoms with Crippen molar-refractivity contribution in [1.29, 1.82) is 0 Å². The third kappa shape index (κ3) is 2.83. The Morgan fingerprint density at radius 2 is 2.05 bits per heavy atom. The Balaban J connectivity index is 1.72. The zero-order valence-corrected chi connectivity index (χ0v) is 11.5. The van der Waals surface area contributed by atoms with Crippen LogP contribution in [0.1, 0.15) is 36.7 Å². The van der Waals surface area contributed by atoms with Crippen molar-refractivity contribution in [3.8, 4) is 0 Å². The molecule has 0 bridgehead atoms. The molecular weight excluding hydrogens is 234 g/mol. The molecule has 1 aromatic heterocycles. The van der Waals surface area contributed by atoms with E-state index in [4.69, 9.17) is 4.42 Å². The van der Waals surface area contributed by atoms with Gasteiger partial charge in [-0.1, -0.05) is 12.1 Å². The Kier molecular flexibility index (Phi) is 3.58. The fourth-order valence-corrected chi connectivity index (χ4v) is 2.96. The molecule has 0 radical (unpaired) electrons. The number of anilines is 1. The Labute approximate surface area is 114 Å². The lowest BCUT2D eigenvalue weighted by Crippen LogP contribution is -2.19. The van der Waals surface area contributed by atoms with Crippen molar-refractivity contribution in [2.45, 2.75) is 45.1 Å². The van der Waals surface area contributed by atoms with E-state index in [-0.39, 0.29) is 0 Å². The predicted molar refractivity (Wildman–Crippen MR) is 78.6 cm³/mol. The summed E-state index contributed by atoms with van der Waals surface area (Å²) < 4.78 is 5.41. The van der Waals surface area contributed by atoms with Gasteiger partial charge in [-0.25, -0.2) is 0 Å². The SMILES string of the molecule is CC(Cc1ccco1)Nc1cccc2c1CCCC2. The minimum Gasteiger partial charge on any atom is -0.469 e. The van der Waals surface area contributed by atoms with Gasteiger partial charge in [0, 0.05) is 18.2 Å². The molecule has 1 aromatic carbocycles. The molecule has 2 heteroatoms. The van der Waals surface area contributed by atoms with Gasteiger partial charge in [0.15, 0.2) is 0 Å². The molecule has 2 nitrogen and oxygen atoms in total. The molecule has 3 rings (SSSR count). The lowest BCUT2D eigenvalue weighted by molar-refractivity contribution is 0.497. The third-order valence-corrected chi connectivity index (χ3v) is 3.89. The van der Waals surface area contributed by atoms with E-state index in [1.807, 2.05) is 12.1 Å². The second-order valence-corrected chi connectivity index (χ2v) is 5.48. The molecule has 2 aromatic rings. The number of aryl methyl sites for hydroxylation is 1. The van der Waals surface area contributed by atoms with Crippen LogP contribution in [-0.2, 0) is 19.3 Å². The van der Waals surface area contributed by atoms with E-state index < -0.39 is 0 Å². The average Bonchev–Trinajstić information content (AvgIpc) is 2.92. The van der Waals surface area contributed by atoms with Crippen LogP contribution in [0.5, 0.6) is 0 Å². The van der Waals surface area contributed by atoms with E-state index in [9.17, 15) is 0 Å². The molecule has 0 saturated carbocycles. The minimum absolute atomic E-state index is 0.388. The van der Waals surface area contributed by atoms with Crippen LogP contribution in [0.2, 0.25) is 0 Å². The van der Waals surface area contributed by atoms with Crippen LogP contribution in [0.25, 0.3) is 0 Å². The normalized spacial score (nSPS) is 15.8. The zero-order valence-electron chi connectivity index (χ0n) is 11.5. The van der Waals surface area contributed by atoms with Gasteiger partial charge in [-0.15, -0.1) is 0 Å². The summed E-state index contributed by atoms with van der Waals surface area (Å²) in [7, 11) is 0. The van der Waals surface area contributed by atoms with Gasteiger partial charge in [-0.2, -0.15) is 0 Å². The van der Waals surface area contributed by atoms with Crippen molar-refractivity contribution in [2.75, 3.05) is 5.32 Å². The highest BCUT2D eigenvalue weighted by Gasteiger charge is 2.14. The second-order valence-electron chi connectivity index (χ2n) is 5.48. The van der Waals surface area contributed by atoms with E-state index in [1.165, 1.54) is 42.5 Å². The number of benzene rings is 1. The molecule has 1 aliphatic carbocycles. The van der Waals surface area contributed by atoms with Gasteiger partial charge >= 0.3 is 0 Å². The summed E-state index contributed by atoms with van der Waals surface area (Å²) in [6.07, 6.45) is 7.77. The fourth-order valence-electron chi connectivity index (χ4n) is 2.96.